The van der Waals surface area contributed by atoms with E-state index in [0.717, 1.165) is 11.3 Å². The summed E-state index contributed by atoms with van der Waals surface area (Å²) in [4.78, 5) is 20.5. The van der Waals surface area contributed by atoms with Gasteiger partial charge in [0.25, 0.3) is 0 Å². The second-order valence-electron chi connectivity index (χ2n) is 6.15. The molecule has 154 valence electrons. The molecule has 3 N–H and O–H groups in total. The number of carbonyl (C=O) groups is 1. The number of halogens is 1. The molecule has 0 saturated heterocycles. The van der Waals surface area contributed by atoms with Crippen LogP contribution in [0.5, 0.6) is 0 Å². The lowest BCUT2D eigenvalue weighted by molar-refractivity contribution is -0.120. The first kappa shape index (κ1) is 22.5. The molecule has 0 atom stereocenters. The van der Waals surface area contributed by atoms with Gasteiger partial charge in [-0.3, -0.25) is 9.79 Å². The quantitative estimate of drug-likeness (QED) is 0.257. The molecule has 3 rings (SSSR count). The van der Waals surface area contributed by atoms with E-state index in [1.54, 1.807) is 31.7 Å². The summed E-state index contributed by atoms with van der Waals surface area (Å²) in [6.07, 6.45) is 3.17. The molecule has 0 unspecified atom stereocenters. The van der Waals surface area contributed by atoms with E-state index in [9.17, 15) is 4.79 Å². The molecule has 0 bridgehead atoms. The maximum absolute atomic E-state index is 11.9. The van der Waals surface area contributed by atoms with Gasteiger partial charge in [0.15, 0.2) is 5.96 Å². The van der Waals surface area contributed by atoms with Crippen LogP contribution in [0, 0.1) is 6.92 Å². The van der Waals surface area contributed by atoms with Gasteiger partial charge in [-0.2, -0.15) is 0 Å². The molecule has 0 aliphatic heterocycles. The molecule has 3 aromatic rings. The number of oxazole rings is 1. The molecule has 0 spiro atoms. The summed E-state index contributed by atoms with van der Waals surface area (Å²) >= 11 is 0. The van der Waals surface area contributed by atoms with Crippen molar-refractivity contribution in [1.29, 1.82) is 0 Å². The highest BCUT2D eigenvalue weighted by Crippen LogP contribution is 2.18. The van der Waals surface area contributed by atoms with Gasteiger partial charge in [-0.25, -0.2) is 4.98 Å². The number of aryl methyl sites for hydroxylation is 1. The van der Waals surface area contributed by atoms with Crippen LogP contribution >= 0.6 is 24.0 Å². The highest BCUT2D eigenvalue weighted by molar-refractivity contribution is 14.0. The predicted octanol–water partition coefficient (Wildman–Crippen LogP) is 2.84. The van der Waals surface area contributed by atoms with Gasteiger partial charge >= 0.3 is 0 Å². The molecule has 29 heavy (non-hydrogen) atoms. The highest BCUT2D eigenvalue weighted by Gasteiger charge is 2.08. The molecule has 0 saturated carbocycles. The van der Waals surface area contributed by atoms with Crippen molar-refractivity contribution in [3.8, 4) is 11.5 Å². The summed E-state index contributed by atoms with van der Waals surface area (Å²) in [6, 6.07) is 11.6. The van der Waals surface area contributed by atoms with Gasteiger partial charge in [-0.05, 0) is 31.2 Å². The number of benzene rings is 1. The summed E-state index contributed by atoms with van der Waals surface area (Å²) in [6.45, 7) is 2.89. The minimum Gasteiger partial charge on any atom is -0.467 e. The number of amides is 1. The van der Waals surface area contributed by atoms with Gasteiger partial charge in [0.2, 0.25) is 11.8 Å². The van der Waals surface area contributed by atoms with Crippen molar-refractivity contribution in [1.82, 2.24) is 20.9 Å². The number of aliphatic imine (C=N–C) groups is 1. The number of hydrogen-bond donors (Lipinski definition) is 3. The number of hydrogen-bond acceptors (Lipinski definition) is 5. The number of guanidine groups is 1. The van der Waals surface area contributed by atoms with Crippen LogP contribution in [-0.4, -0.2) is 30.4 Å². The Morgan fingerprint density at radius 3 is 2.55 bits per heavy atom. The molecule has 8 nitrogen and oxygen atoms in total. The van der Waals surface area contributed by atoms with Crippen LogP contribution in [0.25, 0.3) is 11.5 Å². The lowest BCUT2D eigenvalue weighted by Crippen LogP contribution is -2.42. The van der Waals surface area contributed by atoms with Crippen LogP contribution in [0.15, 0.2) is 62.8 Å². The van der Waals surface area contributed by atoms with Crippen molar-refractivity contribution in [2.45, 2.75) is 20.0 Å². The molecule has 0 radical (unpaired) electrons. The molecular formula is C20H24IN5O3. The fourth-order valence-electron chi connectivity index (χ4n) is 2.44. The van der Waals surface area contributed by atoms with Crippen molar-refractivity contribution in [3.63, 3.8) is 0 Å². The van der Waals surface area contributed by atoms with Crippen LogP contribution in [0.1, 0.15) is 17.0 Å². The monoisotopic (exact) mass is 509 g/mol. The number of nitrogens with one attached hydrogen (secondary N) is 3. The fourth-order valence-corrected chi connectivity index (χ4v) is 2.44. The van der Waals surface area contributed by atoms with Crippen molar-refractivity contribution in [2.75, 3.05) is 13.6 Å². The molecule has 0 aliphatic rings. The standard InChI is InChI=1S/C20H23N5O3.HI/c1-14-5-7-15(8-6-14)19-25-16(13-28-19)10-23-20(21-2)24-12-18(26)22-11-17-4-3-9-27-17;/h3-9,13H,10-12H2,1-2H3,(H,22,26)(H2,21,23,24);1H. The maximum atomic E-state index is 11.9. The van der Waals surface area contributed by atoms with Crippen LogP contribution in [-0.2, 0) is 17.9 Å². The van der Waals surface area contributed by atoms with E-state index in [2.05, 4.69) is 25.9 Å². The summed E-state index contributed by atoms with van der Waals surface area (Å²) in [5.74, 6) is 1.60. The van der Waals surface area contributed by atoms with E-state index in [-0.39, 0.29) is 36.4 Å². The normalized spacial score (nSPS) is 10.9. The van der Waals surface area contributed by atoms with Gasteiger partial charge in [0.1, 0.15) is 12.0 Å². The maximum Gasteiger partial charge on any atom is 0.239 e. The lowest BCUT2D eigenvalue weighted by Gasteiger charge is -2.10. The number of carbonyl (C=O) groups excluding carboxylic acids is 1. The summed E-state index contributed by atoms with van der Waals surface area (Å²) in [7, 11) is 1.64. The zero-order valence-electron chi connectivity index (χ0n) is 16.3. The van der Waals surface area contributed by atoms with E-state index in [1.165, 1.54) is 5.56 Å². The second kappa shape index (κ2) is 11.2. The van der Waals surface area contributed by atoms with E-state index in [4.69, 9.17) is 8.83 Å². The van der Waals surface area contributed by atoms with Gasteiger partial charge < -0.3 is 24.8 Å². The molecular weight excluding hydrogens is 485 g/mol. The third-order valence-corrected chi connectivity index (χ3v) is 3.97. The van der Waals surface area contributed by atoms with E-state index in [0.29, 0.717) is 30.7 Å². The minimum atomic E-state index is -0.164. The van der Waals surface area contributed by atoms with E-state index >= 15 is 0 Å². The molecule has 2 heterocycles. The first-order chi connectivity index (χ1) is 13.6. The van der Waals surface area contributed by atoms with Crippen LogP contribution < -0.4 is 16.0 Å². The average Bonchev–Trinajstić information content (AvgIpc) is 3.39. The first-order valence-electron chi connectivity index (χ1n) is 8.89. The zero-order chi connectivity index (χ0) is 19.8. The smallest absolute Gasteiger partial charge is 0.239 e. The van der Waals surface area contributed by atoms with Gasteiger partial charge in [0.05, 0.1) is 31.6 Å². The van der Waals surface area contributed by atoms with Crippen molar-refractivity contribution >= 4 is 35.8 Å². The first-order valence-corrected chi connectivity index (χ1v) is 8.89. The summed E-state index contributed by atoms with van der Waals surface area (Å²) in [5, 5.41) is 8.81. The Kier molecular flexibility index (Phi) is 8.71. The Hall–Kier alpha value is -2.82. The van der Waals surface area contributed by atoms with E-state index < -0.39 is 0 Å². The Bertz CT molecular complexity index is 920. The minimum absolute atomic E-state index is 0. The number of nitrogens with zero attached hydrogens (tertiary/aromatic N) is 2. The Morgan fingerprint density at radius 1 is 1.07 bits per heavy atom. The second-order valence-corrected chi connectivity index (χ2v) is 6.15. The summed E-state index contributed by atoms with van der Waals surface area (Å²) in [5.41, 5.74) is 2.84. The van der Waals surface area contributed by atoms with Gasteiger partial charge in [-0.1, -0.05) is 17.7 Å². The number of furan rings is 1. The molecule has 0 aliphatic carbocycles. The SMILES string of the molecule is CN=C(NCC(=O)NCc1ccco1)NCc1coc(-c2ccc(C)cc2)n1.I. The number of aromatic nitrogens is 1. The summed E-state index contributed by atoms with van der Waals surface area (Å²) < 4.78 is 10.7. The Balaban J connectivity index is 0.00000300. The average molecular weight is 509 g/mol. The Labute approximate surface area is 186 Å². The molecule has 9 heteroatoms. The Morgan fingerprint density at radius 2 is 1.86 bits per heavy atom. The van der Waals surface area contributed by atoms with E-state index in [1.807, 2.05) is 31.2 Å². The predicted molar refractivity (Wildman–Crippen MR) is 121 cm³/mol. The topological polar surface area (TPSA) is 105 Å². The molecule has 1 amide bonds. The van der Waals surface area contributed by atoms with Crippen molar-refractivity contribution in [2.24, 2.45) is 4.99 Å². The fraction of sp³-hybridized carbons (Fsp3) is 0.250. The third-order valence-electron chi connectivity index (χ3n) is 3.97. The van der Waals surface area contributed by atoms with Gasteiger partial charge in [0, 0.05) is 12.6 Å². The van der Waals surface area contributed by atoms with Crippen molar-refractivity contribution in [3.05, 3.63) is 65.9 Å². The van der Waals surface area contributed by atoms with Gasteiger partial charge in [-0.15, -0.1) is 24.0 Å². The largest absolute Gasteiger partial charge is 0.467 e. The highest BCUT2D eigenvalue weighted by atomic mass is 127. The lowest BCUT2D eigenvalue weighted by atomic mass is 10.1. The van der Waals surface area contributed by atoms with Crippen LogP contribution in [0.2, 0.25) is 0 Å². The third kappa shape index (κ3) is 6.93. The van der Waals surface area contributed by atoms with Crippen molar-refractivity contribution < 1.29 is 13.6 Å². The molecule has 1 aromatic carbocycles. The number of rotatable bonds is 7. The zero-order valence-corrected chi connectivity index (χ0v) is 18.6. The molecule has 0 fully saturated rings. The molecule has 2 aromatic heterocycles. The van der Waals surface area contributed by atoms with Crippen LogP contribution in [0.3, 0.4) is 0 Å². The van der Waals surface area contributed by atoms with Crippen LogP contribution in [0.4, 0.5) is 0 Å².